The van der Waals surface area contributed by atoms with Crippen molar-refractivity contribution in [3.63, 3.8) is 0 Å². The highest BCUT2D eigenvalue weighted by Crippen LogP contribution is 2.26. The van der Waals surface area contributed by atoms with Gasteiger partial charge in [-0.15, -0.1) is 0 Å². The summed E-state index contributed by atoms with van der Waals surface area (Å²) in [5.41, 5.74) is 12.0. The molecule has 3 heteroatoms. The minimum Gasteiger partial charge on any atom is -0.357 e. The Morgan fingerprint density at radius 3 is 1.71 bits per heavy atom. The van der Waals surface area contributed by atoms with Crippen molar-refractivity contribution in [3.05, 3.63) is 93.6 Å². The third kappa shape index (κ3) is 4.30. The van der Waals surface area contributed by atoms with Crippen LogP contribution in [0.2, 0.25) is 0 Å². The molecule has 0 unspecified atom stereocenters. The second kappa shape index (κ2) is 8.39. The van der Waals surface area contributed by atoms with Crippen LogP contribution in [0.3, 0.4) is 0 Å². The van der Waals surface area contributed by atoms with Gasteiger partial charge in [-0.05, 0) is 69.9 Å². The van der Waals surface area contributed by atoms with Crippen molar-refractivity contribution in [1.29, 1.82) is 0 Å². The molecule has 2 aromatic rings. The van der Waals surface area contributed by atoms with Crippen LogP contribution in [0, 0.1) is 27.7 Å². The fourth-order valence-electron chi connectivity index (χ4n) is 3.56. The van der Waals surface area contributed by atoms with Crippen LogP contribution in [0.25, 0.3) is 0 Å². The van der Waals surface area contributed by atoms with Crippen molar-refractivity contribution >= 4 is 11.4 Å². The van der Waals surface area contributed by atoms with Gasteiger partial charge in [0, 0.05) is 34.9 Å². The van der Waals surface area contributed by atoms with Gasteiger partial charge in [0.1, 0.15) is 0 Å². The third-order valence-electron chi connectivity index (χ3n) is 5.34. The van der Waals surface area contributed by atoms with Crippen molar-refractivity contribution in [1.82, 2.24) is 5.32 Å². The zero-order chi connectivity index (χ0) is 20.3. The predicted octanol–water partition coefficient (Wildman–Crippen LogP) is 6.46. The molecule has 0 radical (unpaired) electrons. The SMILES string of the molecule is C/C(Nc1c(C)cccc1C)=C1\CC=C/C(=C(/C)Nc2c(C)cccc2C)N1. The molecule has 28 heavy (non-hydrogen) atoms. The molecule has 0 spiro atoms. The topological polar surface area (TPSA) is 36.1 Å². The number of hydrogen-bond donors (Lipinski definition) is 3. The van der Waals surface area contributed by atoms with Gasteiger partial charge in [0.25, 0.3) is 0 Å². The van der Waals surface area contributed by atoms with Crippen LogP contribution < -0.4 is 16.0 Å². The lowest BCUT2D eigenvalue weighted by Crippen LogP contribution is -2.21. The van der Waals surface area contributed by atoms with Crippen molar-refractivity contribution in [2.75, 3.05) is 10.6 Å². The first-order chi connectivity index (χ1) is 13.4. The summed E-state index contributed by atoms with van der Waals surface area (Å²) in [5, 5.41) is 10.8. The zero-order valence-corrected chi connectivity index (χ0v) is 17.8. The Morgan fingerprint density at radius 1 is 0.750 bits per heavy atom. The van der Waals surface area contributed by atoms with Crippen molar-refractivity contribution in [2.24, 2.45) is 0 Å². The summed E-state index contributed by atoms with van der Waals surface area (Å²) in [5.74, 6) is 0. The molecule has 3 rings (SSSR count). The molecule has 0 saturated heterocycles. The Kier molecular flexibility index (Phi) is 5.93. The lowest BCUT2D eigenvalue weighted by molar-refractivity contribution is 0.881. The quantitative estimate of drug-likeness (QED) is 0.576. The summed E-state index contributed by atoms with van der Waals surface area (Å²) in [6.07, 6.45) is 5.27. The highest BCUT2D eigenvalue weighted by Gasteiger charge is 2.12. The van der Waals surface area contributed by atoms with Crippen LogP contribution in [-0.2, 0) is 0 Å². The van der Waals surface area contributed by atoms with Gasteiger partial charge in [0.05, 0.1) is 5.70 Å². The summed E-state index contributed by atoms with van der Waals surface area (Å²) in [4.78, 5) is 0. The first kappa shape index (κ1) is 19.8. The molecule has 0 amide bonds. The van der Waals surface area contributed by atoms with Gasteiger partial charge in [0.15, 0.2) is 0 Å². The zero-order valence-electron chi connectivity index (χ0n) is 17.8. The Hall–Kier alpha value is -2.94. The number of para-hydroxylation sites is 2. The van der Waals surface area contributed by atoms with Crippen molar-refractivity contribution in [3.8, 4) is 0 Å². The van der Waals surface area contributed by atoms with Crippen molar-refractivity contribution < 1.29 is 0 Å². The highest BCUT2D eigenvalue weighted by atomic mass is 15.0. The normalized spacial score (nSPS) is 17.1. The summed E-state index contributed by atoms with van der Waals surface area (Å²) < 4.78 is 0. The molecular weight excluding hydrogens is 342 g/mol. The molecule has 3 nitrogen and oxygen atoms in total. The number of hydrogen-bond acceptors (Lipinski definition) is 3. The van der Waals surface area contributed by atoms with Gasteiger partial charge >= 0.3 is 0 Å². The maximum Gasteiger partial charge on any atom is 0.0572 e. The molecular formula is C25H31N3. The first-order valence-corrected chi connectivity index (χ1v) is 9.87. The molecule has 3 N–H and O–H groups in total. The fourth-order valence-corrected chi connectivity index (χ4v) is 3.56. The van der Waals surface area contributed by atoms with E-state index in [2.05, 4.69) is 106 Å². The lowest BCUT2D eigenvalue weighted by atomic mass is 10.1. The van der Waals surface area contributed by atoms with Gasteiger partial charge in [-0.25, -0.2) is 0 Å². The number of rotatable bonds is 4. The highest BCUT2D eigenvalue weighted by molar-refractivity contribution is 5.62. The van der Waals surface area contributed by atoms with E-state index in [1.165, 1.54) is 39.3 Å². The number of anilines is 2. The maximum absolute atomic E-state index is 3.62. The van der Waals surface area contributed by atoms with Gasteiger partial charge in [-0.2, -0.15) is 0 Å². The average molecular weight is 374 g/mol. The van der Waals surface area contributed by atoms with E-state index in [1.807, 2.05) is 0 Å². The molecule has 0 bridgehead atoms. The van der Waals surface area contributed by atoms with E-state index >= 15 is 0 Å². The molecule has 146 valence electrons. The summed E-state index contributed by atoms with van der Waals surface area (Å²) >= 11 is 0. The average Bonchev–Trinajstić information content (AvgIpc) is 2.67. The summed E-state index contributed by atoms with van der Waals surface area (Å²) in [6, 6.07) is 12.8. The van der Waals surface area contributed by atoms with E-state index in [4.69, 9.17) is 0 Å². The molecule has 2 aromatic carbocycles. The standard InChI is InChI=1S/C25H31N3/c1-16-10-7-11-17(2)24(16)26-20(5)22-14-9-15-23(28-22)21(6)27-25-18(3)12-8-13-19(25)4/h7-14,26-28H,15H2,1-6H3/b22-20+,23-21-. The van der Waals surface area contributed by atoms with Gasteiger partial charge in [0.2, 0.25) is 0 Å². The van der Waals surface area contributed by atoms with Crippen LogP contribution in [-0.4, -0.2) is 0 Å². The number of benzene rings is 2. The minimum atomic E-state index is 0.893. The smallest absolute Gasteiger partial charge is 0.0572 e. The second-order valence-electron chi connectivity index (χ2n) is 7.66. The van der Waals surface area contributed by atoms with Crippen LogP contribution in [0.1, 0.15) is 42.5 Å². The number of nitrogens with one attached hydrogen (secondary N) is 3. The minimum absolute atomic E-state index is 0.893. The molecule has 1 aliphatic rings. The molecule has 0 aliphatic carbocycles. The van der Waals surface area contributed by atoms with Gasteiger partial charge in [-0.3, -0.25) is 0 Å². The molecule has 1 aliphatic heterocycles. The molecule has 1 heterocycles. The van der Waals surface area contributed by atoms with Crippen LogP contribution in [0.5, 0.6) is 0 Å². The second-order valence-corrected chi connectivity index (χ2v) is 7.66. The van der Waals surface area contributed by atoms with E-state index in [9.17, 15) is 0 Å². The summed E-state index contributed by atoms with van der Waals surface area (Å²) in [6.45, 7) is 12.8. The van der Waals surface area contributed by atoms with Crippen LogP contribution in [0.15, 0.2) is 71.3 Å². The van der Waals surface area contributed by atoms with E-state index < -0.39 is 0 Å². The van der Waals surface area contributed by atoms with E-state index in [0.717, 1.165) is 23.5 Å². The van der Waals surface area contributed by atoms with Crippen molar-refractivity contribution in [2.45, 2.75) is 48.0 Å². The predicted molar refractivity (Wildman–Crippen MR) is 121 cm³/mol. The van der Waals surface area contributed by atoms with Gasteiger partial charge in [-0.1, -0.05) is 42.5 Å². The number of aryl methyl sites for hydroxylation is 4. The maximum atomic E-state index is 3.62. The van der Waals surface area contributed by atoms with E-state index in [1.54, 1.807) is 0 Å². The third-order valence-corrected chi connectivity index (χ3v) is 5.34. The van der Waals surface area contributed by atoms with E-state index in [-0.39, 0.29) is 0 Å². The largest absolute Gasteiger partial charge is 0.357 e. The monoisotopic (exact) mass is 373 g/mol. The lowest BCUT2D eigenvalue weighted by Gasteiger charge is -2.23. The Balaban J connectivity index is 1.84. The Bertz CT molecular complexity index is 937. The Labute approximate surface area is 169 Å². The van der Waals surface area contributed by atoms with Crippen LogP contribution in [0.4, 0.5) is 11.4 Å². The fraction of sp³-hybridized carbons (Fsp3) is 0.280. The Morgan fingerprint density at radius 2 is 1.21 bits per heavy atom. The molecule has 0 saturated carbocycles. The molecule has 0 aromatic heterocycles. The van der Waals surface area contributed by atoms with Gasteiger partial charge < -0.3 is 16.0 Å². The molecule has 0 fully saturated rings. The first-order valence-electron chi connectivity index (χ1n) is 9.87. The number of allylic oxidation sites excluding steroid dienone is 4. The van der Waals surface area contributed by atoms with E-state index in [0.29, 0.717) is 0 Å². The molecule has 0 atom stereocenters. The summed E-state index contributed by atoms with van der Waals surface area (Å²) in [7, 11) is 0. The van der Waals surface area contributed by atoms with Crippen LogP contribution >= 0.6 is 0 Å².